The first-order chi connectivity index (χ1) is 11.4. The SMILES string of the molecule is Cc1cc(Cl)ccc1OC(C)C(=O)O.OCCOCCOCCO. The summed E-state index contributed by atoms with van der Waals surface area (Å²) < 4.78 is 14.9. The number of carboxylic acids is 1. The predicted octanol–water partition coefficient (Wildman–Crippen LogP) is 1.50. The standard InChI is InChI=1S/C10H11ClO3.C6H14O4/c1-6-5-8(11)3-4-9(6)14-7(2)10(12)13;7-1-3-9-5-6-10-4-2-8/h3-5,7H,1-2H3,(H,12,13);7-8H,1-6H2. The normalized spacial score (nSPS) is 11.4. The van der Waals surface area contributed by atoms with Gasteiger partial charge in [0, 0.05) is 5.02 Å². The summed E-state index contributed by atoms with van der Waals surface area (Å²) in [6.45, 7) is 5.03. The molecule has 8 heteroatoms. The van der Waals surface area contributed by atoms with Gasteiger partial charge in [0.15, 0.2) is 6.10 Å². The molecule has 0 aromatic heterocycles. The third-order valence-corrected chi connectivity index (χ3v) is 2.87. The third-order valence-electron chi connectivity index (χ3n) is 2.63. The zero-order chi connectivity index (χ0) is 18.4. The van der Waals surface area contributed by atoms with Crippen LogP contribution in [-0.2, 0) is 14.3 Å². The van der Waals surface area contributed by atoms with E-state index in [9.17, 15) is 4.79 Å². The maximum atomic E-state index is 10.5. The molecule has 1 rings (SSSR count). The van der Waals surface area contributed by atoms with E-state index < -0.39 is 12.1 Å². The molecule has 24 heavy (non-hydrogen) atoms. The van der Waals surface area contributed by atoms with Crippen molar-refractivity contribution >= 4 is 17.6 Å². The molecule has 0 heterocycles. The van der Waals surface area contributed by atoms with Gasteiger partial charge in [-0.2, -0.15) is 0 Å². The van der Waals surface area contributed by atoms with Gasteiger partial charge in [-0.25, -0.2) is 4.79 Å². The monoisotopic (exact) mass is 364 g/mol. The van der Waals surface area contributed by atoms with Gasteiger partial charge in [-0.1, -0.05) is 11.6 Å². The summed E-state index contributed by atoms with van der Waals surface area (Å²) in [5, 5.41) is 25.8. The van der Waals surface area contributed by atoms with E-state index in [-0.39, 0.29) is 13.2 Å². The van der Waals surface area contributed by atoms with Crippen molar-refractivity contribution in [2.24, 2.45) is 0 Å². The van der Waals surface area contributed by atoms with Crippen molar-refractivity contribution in [2.45, 2.75) is 20.0 Å². The van der Waals surface area contributed by atoms with Gasteiger partial charge >= 0.3 is 5.97 Å². The fraction of sp³-hybridized carbons (Fsp3) is 0.562. The molecule has 1 atom stereocenters. The van der Waals surface area contributed by atoms with Gasteiger partial charge in [-0.3, -0.25) is 0 Å². The zero-order valence-electron chi connectivity index (χ0n) is 13.9. The number of hydrogen-bond donors (Lipinski definition) is 3. The minimum absolute atomic E-state index is 0.0417. The summed E-state index contributed by atoms with van der Waals surface area (Å²) in [5.74, 6) is -0.441. The van der Waals surface area contributed by atoms with Gasteiger partial charge in [0.25, 0.3) is 0 Å². The lowest BCUT2D eigenvalue weighted by molar-refractivity contribution is -0.144. The first-order valence-corrected chi connectivity index (χ1v) is 7.83. The molecule has 0 spiro atoms. The molecule has 3 N–H and O–H groups in total. The Bertz CT molecular complexity index is 460. The van der Waals surface area contributed by atoms with Gasteiger partial charge in [0.05, 0.1) is 39.6 Å². The van der Waals surface area contributed by atoms with E-state index in [4.69, 9.17) is 41.1 Å². The van der Waals surface area contributed by atoms with Crippen LogP contribution in [0, 0.1) is 6.92 Å². The lowest BCUT2D eigenvalue weighted by atomic mass is 10.2. The van der Waals surface area contributed by atoms with Crippen LogP contribution in [0.15, 0.2) is 18.2 Å². The van der Waals surface area contributed by atoms with E-state index in [0.717, 1.165) is 5.56 Å². The summed E-state index contributed by atoms with van der Waals surface area (Å²) in [4.78, 5) is 10.5. The molecule has 1 unspecified atom stereocenters. The highest BCUT2D eigenvalue weighted by Crippen LogP contribution is 2.22. The zero-order valence-corrected chi connectivity index (χ0v) is 14.7. The molecule has 0 aliphatic heterocycles. The summed E-state index contributed by atoms with van der Waals surface area (Å²) in [5.41, 5.74) is 0.825. The van der Waals surface area contributed by atoms with Crippen molar-refractivity contribution in [1.82, 2.24) is 0 Å². The van der Waals surface area contributed by atoms with Gasteiger partial charge in [0.1, 0.15) is 5.75 Å². The van der Waals surface area contributed by atoms with Crippen LogP contribution in [0.25, 0.3) is 0 Å². The lowest BCUT2D eigenvalue weighted by Gasteiger charge is -2.12. The first-order valence-electron chi connectivity index (χ1n) is 7.45. The summed E-state index contributed by atoms with van der Waals surface area (Å²) in [6, 6.07) is 5.06. The molecule has 0 radical (unpaired) electrons. The van der Waals surface area contributed by atoms with Crippen molar-refractivity contribution in [3.05, 3.63) is 28.8 Å². The summed E-state index contributed by atoms with van der Waals surface area (Å²) >= 11 is 5.74. The topological polar surface area (TPSA) is 105 Å². The minimum Gasteiger partial charge on any atom is -0.479 e. The number of aliphatic hydroxyl groups excluding tert-OH is 2. The maximum absolute atomic E-state index is 10.5. The number of aryl methyl sites for hydroxylation is 1. The third kappa shape index (κ3) is 11.2. The smallest absolute Gasteiger partial charge is 0.344 e. The highest BCUT2D eigenvalue weighted by atomic mass is 35.5. The Morgan fingerprint density at radius 2 is 1.67 bits per heavy atom. The number of carbonyl (C=O) groups is 1. The molecule has 0 aliphatic carbocycles. The number of aliphatic carboxylic acids is 1. The van der Waals surface area contributed by atoms with Crippen LogP contribution < -0.4 is 4.74 Å². The van der Waals surface area contributed by atoms with Crippen LogP contribution in [0.5, 0.6) is 5.75 Å². The highest BCUT2D eigenvalue weighted by molar-refractivity contribution is 6.30. The second-order valence-corrected chi connectivity index (χ2v) is 5.12. The number of ether oxygens (including phenoxy) is 3. The number of rotatable bonds is 10. The van der Waals surface area contributed by atoms with Crippen LogP contribution in [0.4, 0.5) is 0 Å². The molecule has 0 fully saturated rings. The van der Waals surface area contributed by atoms with Gasteiger partial charge in [-0.15, -0.1) is 0 Å². The average Bonchev–Trinajstić information content (AvgIpc) is 2.54. The second-order valence-electron chi connectivity index (χ2n) is 4.68. The van der Waals surface area contributed by atoms with Crippen LogP contribution >= 0.6 is 11.6 Å². The molecule has 1 aromatic carbocycles. The molecule has 1 aromatic rings. The van der Waals surface area contributed by atoms with Crippen molar-refractivity contribution in [3.63, 3.8) is 0 Å². The Morgan fingerprint density at radius 1 is 1.12 bits per heavy atom. The summed E-state index contributed by atoms with van der Waals surface area (Å²) in [7, 11) is 0. The Kier molecular flexibility index (Phi) is 13.2. The predicted molar refractivity (Wildman–Crippen MR) is 89.7 cm³/mol. The Morgan fingerprint density at radius 3 is 2.08 bits per heavy atom. The van der Waals surface area contributed by atoms with Gasteiger partial charge in [0.2, 0.25) is 0 Å². The fourth-order valence-electron chi connectivity index (χ4n) is 1.44. The molecule has 0 aliphatic rings. The van der Waals surface area contributed by atoms with E-state index >= 15 is 0 Å². The molecule has 138 valence electrons. The number of benzene rings is 1. The Hall–Kier alpha value is -1.38. The van der Waals surface area contributed by atoms with E-state index in [1.54, 1.807) is 18.2 Å². The van der Waals surface area contributed by atoms with Crippen molar-refractivity contribution in [2.75, 3.05) is 39.6 Å². The molecule has 0 saturated carbocycles. The molecule has 0 saturated heterocycles. The van der Waals surface area contributed by atoms with Crippen molar-refractivity contribution in [3.8, 4) is 5.75 Å². The molecule has 0 bridgehead atoms. The largest absolute Gasteiger partial charge is 0.479 e. The minimum atomic E-state index is -0.987. The van der Waals surface area contributed by atoms with Gasteiger partial charge in [-0.05, 0) is 37.6 Å². The number of halogens is 1. The van der Waals surface area contributed by atoms with E-state index in [1.165, 1.54) is 6.92 Å². The molecular weight excluding hydrogens is 340 g/mol. The second kappa shape index (κ2) is 14.0. The Labute approximate surface area is 146 Å². The lowest BCUT2D eigenvalue weighted by Crippen LogP contribution is -2.23. The van der Waals surface area contributed by atoms with Crippen molar-refractivity contribution in [1.29, 1.82) is 0 Å². The van der Waals surface area contributed by atoms with Crippen LogP contribution in [0.3, 0.4) is 0 Å². The van der Waals surface area contributed by atoms with Crippen LogP contribution in [-0.4, -0.2) is 67.0 Å². The first kappa shape index (κ1) is 22.6. The molecule has 7 nitrogen and oxygen atoms in total. The molecule has 0 amide bonds. The fourth-order valence-corrected chi connectivity index (χ4v) is 1.66. The van der Waals surface area contributed by atoms with Gasteiger partial charge < -0.3 is 29.5 Å². The number of aliphatic hydroxyl groups is 2. The number of carboxylic acid groups (broad SMARTS) is 1. The van der Waals surface area contributed by atoms with E-state index in [0.29, 0.717) is 37.2 Å². The Balaban J connectivity index is 0.000000470. The van der Waals surface area contributed by atoms with E-state index in [1.807, 2.05) is 6.92 Å². The van der Waals surface area contributed by atoms with Crippen LogP contribution in [0.1, 0.15) is 12.5 Å². The number of hydrogen-bond acceptors (Lipinski definition) is 6. The average molecular weight is 365 g/mol. The van der Waals surface area contributed by atoms with Crippen LogP contribution in [0.2, 0.25) is 5.02 Å². The maximum Gasteiger partial charge on any atom is 0.344 e. The summed E-state index contributed by atoms with van der Waals surface area (Å²) in [6.07, 6.45) is -0.852. The quantitative estimate of drug-likeness (QED) is 0.540. The molecular formula is C16H25ClO7. The highest BCUT2D eigenvalue weighted by Gasteiger charge is 2.13. The van der Waals surface area contributed by atoms with Crippen molar-refractivity contribution < 1.29 is 34.3 Å². The van der Waals surface area contributed by atoms with E-state index in [2.05, 4.69) is 0 Å².